The minimum Gasteiger partial charge on any atom is -0.382 e. The van der Waals surface area contributed by atoms with E-state index < -0.39 is 0 Å². The van der Waals surface area contributed by atoms with E-state index in [0.717, 1.165) is 5.69 Å². The van der Waals surface area contributed by atoms with Gasteiger partial charge in [0, 0.05) is 18.2 Å². The van der Waals surface area contributed by atoms with Crippen LogP contribution in [0.5, 0.6) is 0 Å². The van der Waals surface area contributed by atoms with Crippen molar-refractivity contribution in [3.8, 4) is 0 Å². The predicted molar refractivity (Wildman–Crippen MR) is 67.5 cm³/mol. The third-order valence-corrected chi connectivity index (χ3v) is 2.58. The van der Waals surface area contributed by atoms with Gasteiger partial charge >= 0.3 is 0 Å². The van der Waals surface area contributed by atoms with Gasteiger partial charge in [-0.25, -0.2) is 0 Å². The van der Waals surface area contributed by atoms with Gasteiger partial charge in [-0.3, -0.25) is 4.79 Å². The van der Waals surface area contributed by atoms with Crippen LogP contribution in [-0.4, -0.2) is 11.9 Å². The van der Waals surface area contributed by atoms with Crippen molar-refractivity contribution in [2.24, 2.45) is 5.73 Å². The molecule has 0 bridgehead atoms. The minimum atomic E-state index is -0.276. The second-order valence-electron chi connectivity index (χ2n) is 4.49. The number of benzene rings is 1. The normalized spacial score (nSPS) is 12.2. The molecule has 3 N–H and O–H groups in total. The number of hydrogen-bond acceptors (Lipinski definition) is 2. The lowest BCUT2D eigenvalue weighted by molar-refractivity contribution is -0.118. The van der Waals surface area contributed by atoms with Gasteiger partial charge in [0.15, 0.2) is 0 Å². The van der Waals surface area contributed by atoms with Crippen LogP contribution in [0, 0.1) is 20.8 Å². The Morgan fingerprint density at radius 1 is 1.31 bits per heavy atom. The summed E-state index contributed by atoms with van der Waals surface area (Å²) in [5, 5.41) is 3.34. The summed E-state index contributed by atoms with van der Waals surface area (Å²) in [5.74, 6) is -0.276. The van der Waals surface area contributed by atoms with E-state index in [2.05, 4.69) is 38.2 Å². The number of carbonyl (C=O) groups is 1. The van der Waals surface area contributed by atoms with E-state index in [1.807, 2.05) is 6.92 Å². The molecule has 0 spiro atoms. The third-order valence-electron chi connectivity index (χ3n) is 2.58. The van der Waals surface area contributed by atoms with E-state index >= 15 is 0 Å². The molecule has 0 radical (unpaired) electrons. The van der Waals surface area contributed by atoms with Crippen molar-refractivity contribution in [2.45, 2.75) is 40.2 Å². The van der Waals surface area contributed by atoms with Crippen LogP contribution in [-0.2, 0) is 4.79 Å². The molecule has 0 aromatic heterocycles. The largest absolute Gasteiger partial charge is 0.382 e. The summed E-state index contributed by atoms with van der Waals surface area (Å²) in [5.41, 5.74) is 9.94. The van der Waals surface area contributed by atoms with Crippen LogP contribution in [0.2, 0.25) is 0 Å². The molecule has 0 saturated heterocycles. The van der Waals surface area contributed by atoms with Crippen LogP contribution in [0.1, 0.15) is 30.0 Å². The van der Waals surface area contributed by atoms with E-state index in [9.17, 15) is 4.79 Å². The van der Waals surface area contributed by atoms with Gasteiger partial charge in [0.2, 0.25) is 5.91 Å². The quantitative estimate of drug-likeness (QED) is 0.818. The molecule has 0 fully saturated rings. The second kappa shape index (κ2) is 5.01. The van der Waals surface area contributed by atoms with Crippen molar-refractivity contribution in [3.05, 3.63) is 28.8 Å². The first-order valence-electron chi connectivity index (χ1n) is 5.53. The Morgan fingerprint density at radius 3 is 2.25 bits per heavy atom. The topological polar surface area (TPSA) is 55.1 Å². The maximum absolute atomic E-state index is 10.8. The van der Waals surface area contributed by atoms with Crippen LogP contribution in [0.3, 0.4) is 0 Å². The van der Waals surface area contributed by atoms with Crippen molar-refractivity contribution in [3.63, 3.8) is 0 Å². The van der Waals surface area contributed by atoms with Crippen LogP contribution >= 0.6 is 0 Å². The molecule has 0 aliphatic rings. The number of nitrogens with two attached hydrogens (primary N) is 1. The van der Waals surface area contributed by atoms with Crippen LogP contribution < -0.4 is 11.1 Å². The SMILES string of the molecule is Cc1cc(C)c(NC(C)CC(N)=O)c(C)c1. The lowest BCUT2D eigenvalue weighted by atomic mass is 10.0. The lowest BCUT2D eigenvalue weighted by Crippen LogP contribution is -2.24. The highest BCUT2D eigenvalue weighted by molar-refractivity contribution is 5.75. The number of aryl methyl sites for hydroxylation is 3. The van der Waals surface area contributed by atoms with Gasteiger partial charge in [0.1, 0.15) is 0 Å². The molecule has 0 aliphatic heterocycles. The van der Waals surface area contributed by atoms with Crippen molar-refractivity contribution < 1.29 is 4.79 Å². The number of primary amides is 1. The van der Waals surface area contributed by atoms with Crippen molar-refractivity contribution in [1.29, 1.82) is 0 Å². The maximum Gasteiger partial charge on any atom is 0.219 e. The minimum absolute atomic E-state index is 0.0672. The standard InChI is InChI=1S/C13H20N2O/c1-8-5-9(2)13(10(3)6-8)15-11(4)7-12(14)16/h5-6,11,15H,7H2,1-4H3,(H2,14,16). The molecule has 0 heterocycles. The first-order chi connectivity index (χ1) is 7.40. The zero-order chi connectivity index (χ0) is 12.3. The maximum atomic E-state index is 10.8. The Labute approximate surface area is 97.0 Å². The predicted octanol–water partition coefficient (Wildman–Crippen LogP) is 2.29. The number of amides is 1. The van der Waals surface area contributed by atoms with E-state index in [4.69, 9.17) is 5.73 Å². The Balaban J connectivity index is 2.85. The fourth-order valence-corrected chi connectivity index (χ4v) is 2.01. The summed E-state index contributed by atoms with van der Waals surface area (Å²) >= 11 is 0. The van der Waals surface area contributed by atoms with Crippen molar-refractivity contribution >= 4 is 11.6 Å². The summed E-state index contributed by atoms with van der Waals surface area (Å²) in [6.07, 6.45) is 0.354. The lowest BCUT2D eigenvalue weighted by Gasteiger charge is -2.18. The Hall–Kier alpha value is -1.51. The molecule has 88 valence electrons. The third kappa shape index (κ3) is 3.26. The molecule has 1 atom stereocenters. The average molecular weight is 220 g/mol. The number of hydrogen-bond donors (Lipinski definition) is 2. The first kappa shape index (κ1) is 12.6. The summed E-state index contributed by atoms with van der Waals surface area (Å²) in [6.45, 7) is 8.18. The number of anilines is 1. The molecule has 1 aromatic rings. The van der Waals surface area contributed by atoms with Crippen molar-refractivity contribution in [1.82, 2.24) is 0 Å². The highest BCUT2D eigenvalue weighted by Crippen LogP contribution is 2.22. The monoisotopic (exact) mass is 220 g/mol. The van der Waals surface area contributed by atoms with E-state index in [0.29, 0.717) is 6.42 Å². The van der Waals surface area contributed by atoms with Crippen LogP contribution in [0.25, 0.3) is 0 Å². The molecule has 1 unspecified atom stereocenters. The Morgan fingerprint density at radius 2 is 1.81 bits per heavy atom. The molecule has 1 aromatic carbocycles. The van der Waals surface area contributed by atoms with E-state index in [-0.39, 0.29) is 11.9 Å². The molecule has 1 rings (SSSR count). The Bertz CT molecular complexity index is 376. The molecule has 3 heteroatoms. The van der Waals surface area contributed by atoms with Gasteiger partial charge in [-0.05, 0) is 38.8 Å². The first-order valence-corrected chi connectivity index (χ1v) is 5.53. The molecule has 0 aliphatic carbocycles. The molecule has 16 heavy (non-hydrogen) atoms. The number of nitrogens with one attached hydrogen (secondary N) is 1. The highest BCUT2D eigenvalue weighted by Gasteiger charge is 2.09. The number of carbonyl (C=O) groups excluding carboxylic acids is 1. The number of rotatable bonds is 4. The molecule has 3 nitrogen and oxygen atoms in total. The van der Waals surface area contributed by atoms with Gasteiger partial charge in [-0.2, -0.15) is 0 Å². The second-order valence-corrected chi connectivity index (χ2v) is 4.49. The van der Waals surface area contributed by atoms with Gasteiger partial charge in [0.05, 0.1) is 0 Å². The van der Waals surface area contributed by atoms with E-state index in [1.54, 1.807) is 0 Å². The smallest absolute Gasteiger partial charge is 0.219 e. The summed E-state index contributed by atoms with van der Waals surface area (Å²) in [6, 6.07) is 4.33. The zero-order valence-electron chi connectivity index (χ0n) is 10.4. The van der Waals surface area contributed by atoms with Gasteiger partial charge in [-0.1, -0.05) is 17.7 Å². The van der Waals surface area contributed by atoms with Gasteiger partial charge < -0.3 is 11.1 Å². The molecule has 1 amide bonds. The fraction of sp³-hybridized carbons (Fsp3) is 0.462. The van der Waals surface area contributed by atoms with Crippen LogP contribution in [0.4, 0.5) is 5.69 Å². The average Bonchev–Trinajstić information content (AvgIpc) is 2.09. The zero-order valence-corrected chi connectivity index (χ0v) is 10.4. The van der Waals surface area contributed by atoms with Gasteiger partial charge in [0.25, 0.3) is 0 Å². The van der Waals surface area contributed by atoms with Crippen LogP contribution in [0.15, 0.2) is 12.1 Å². The molecule has 0 saturated carbocycles. The highest BCUT2D eigenvalue weighted by atomic mass is 16.1. The van der Waals surface area contributed by atoms with Crippen molar-refractivity contribution in [2.75, 3.05) is 5.32 Å². The molecular weight excluding hydrogens is 200 g/mol. The summed E-state index contributed by atoms with van der Waals surface area (Å²) in [4.78, 5) is 10.8. The fourth-order valence-electron chi connectivity index (χ4n) is 2.01. The summed E-state index contributed by atoms with van der Waals surface area (Å²) in [7, 11) is 0. The van der Waals surface area contributed by atoms with E-state index in [1.165, 1.54) is 16.7 Å². The summed E-state index contributed by atoms with van der Waals surface area (Å²) < 4.78 is 0. The van der Waals surface area contributed by atoms with Gasteiger partial charge in [-0.15, -0.1) is 0 Å². The Kier molecular flexibility index (Phi) is 3.93. The molecular formula is C13H20N2O.